The van der Waals surface area contributed by atoms with Gasteiger partial charge in [-0.05, 0) is 42.7 Å². The lowest BCUT2D eigenvalue weighted by Crippen LogP contribution is -2.55. The molecule has 1 amide bonds. The lowest BCUT2D eigenvalue weighted by molar-refractivity contribution is -0.128. The van der Waals surface area contributed by atoms with Crippen LogP contribution in [0.2, 0.25) is 0 Å². The molecule has 2 aliphatic rings. The molecule has 25 heavy (non-hydrogen) atoms. The monoisotopic (exact) mass is 343 g/mol. The molecule has 0 spiro atoms. The van der Waals surface area contributed by atoms with E-state index in [1.54, 1.807) is 0 Å². The molecule has 2 unspecified atom stereocenters. The molecule has 138 valence electrons. The van der Waals surface area contributed by atoms with Crippen LogP contribution in [-0.2, 0) is 11.3 Å². The van der Waals surface area contributed by atoms with Gasteiger partial charge in [-0.1, -0.05) is 50.6 Å². The quantitative estimate of drug-likeness (QED) is 0.864. The van der Waals surface area contributed by atoms with E-state index >= 15 is 0 Å². The van der Waals surface area contributed by atoms with Crippen molar-refractivity contribution in [2.45, 2.75) is 45.7 Å². The topological polar surface area (TPSA) is 58.4 Å². The maximum Gasteiger partial charge on any atom is 0.223 e. The largest absolute Gasteiger partial charge is 0.352 e. The van der Waals surface area contributed by atoms with Gasteiger partial charge in [0.15, 0.2) is 0 Å². The summed E-state index contributed by atoms with van der Waals surface area (Å²) in [6.07, 6.45) is 3.25. The lowest BCUT2D eigenvalue weighted by Gasteiger charge is -2.42. The predicted molar refractivity (Wildman–Crippen MR) is 102 cm³/mol. The van der Waals surface area contributed by atoms with E-state index in [1.165, 1.54) is 5.56 Å². The van der Waals surface area contributed by atoms with Crippen molar-refractivity contribution in [2.75, 3.05) is 19.6 Å². The number of rotatable bonds is 5. The van der Waals surface area contributed by atoms with Crippen molar-refractivity contribution in [1.82, 2.24) is 10.2 Å². The fourth-order valence-corrected chi connectivity index (χ4v) is 4.87. The SMILES string of the molecule is CC1CN(Cc2ccccc2)CC(C)C1NC(=O)[C@@H]1CCC[C@@H]1CN. The highest BCUT2D eigenvalue weighted by molar-refractivity contribution is 5.79. The third kappa shape index (κ3) is 4.42. The number of nitrogens with one attached hydrogen (secondary N) is 1. The van der Waals surface area contributed by atoms with Crippen molar-refractivity contribution in [3.63, 3.8) is 0 Å². The van der Waals surface area contributed by atoms with Crippen LogP contribution in [0, 0.1) is 23.7 Å². The van der Waals surface area contributed by atoms with Gasteiger partial charge in [0.05, 0.1) is 0 Å². The average Bonchev–Trinajstić information content (AvgIpc) is 3.08. The number of benzene rings is 1. The minimum atomic E-state index is 0.131. The van der Waals surface area contributed by atoms with E-state index in [2.05, 4.69) is 54.4 Å². The van der Waals surface area contributed by atoms with Crippen molar-refractivity contribution in [3.8, 4) is 0 Å². The molecule has 4 atom stereocenters. The van der Waals surface area contributed by atoms with Gasteiger partial charge >= 0.3 is 0 Å². The molecule has 0 radical (unpaired) electrons. The number of hydrogen-bond acceptors (Lipinski definition) is 3. The van der Waals surface area contributed by atoms with Crippen LogP contribution in [0.4, 0.5) is 0 Å². The van der Waals surface area contributed by atoms with E-state index in [1.807, 2.05) is 0 Å². The van der Waals surface area contributed by atoms with E-state index < -0.39 is 0 Å². The van der Waals surface area contributed by atoms with Gasteiger partial charge in [0, 0.05) is 31.6 Å². The molecule has 3 rings (SSSR count). The highest BCUT2D eigenvalue weighted by Gasteiger charge is 2.37. The van der Waals surface area contributed by atoms with Crippen molar-refractivity contribution in [1.29, 1.82) is 0 Å². The summed E-state index contributed by atoms with van der Waals surface area (Å²) in [5, 5.41) is 3.39. The Morgan fingerprint density at radius 3 is 2.48 bits per heavy atom. The summed E-state index contributed by atoms with van der Waals surface area (Å²) in [6, 6.07) is 10.9. The van der Waals surface area contributed by atoms with Gasteiger partial charge in [-0.2, -0.15) is 0 Å². The van der Waals surface area contributed by atoms with Gasteiger partial charge in [-0.25, -0.2) is 0 Å². The Kier molecular flexibility index (Phi) is 6.13. The number of hydrogen-bond donors (Lipinski definition) is 2. The summed E-state index contributed by atoms with van der Waals surface area (Å²) in [5.41, 5.74) is 7.22. The van der Waals surface area contributed by atoms with Crippen LogP contribution >= 0.6 is 0 Å². The van der Waals surface area contributed by atoms with Gasteiger partial charge in [0.25, 0.3) is 0 Å². The Hall–Kier alpha value is -1.39. The van der Waals surface area contributed by atoms with E-state index in [4.69, 9.17) is 5.73 Å². The van der Waals surface area contributed by atoms with Crippen LogP contribution in [0.1, 0.15) is 38.7 Å². The molecule has 1 aliphatic carbocycles. The van der Waals surface area contributed by atoms with Crippen LogP contribution in [0.5, 0.6) is 0 Å². The summed E-state index contributed by atoms with van der Waals surface area (Å²) in [6.45, 7) is 8.25. The third-order valence-electron chi connectivity index (χ3n) is 6.17. The molecule has 2 fully saturated rings. The molecule has 4 heteroatoms. The third-order valence-corrected chi connectivity index (χ3v) is 6.17. The van der Waals surface area contributed by atoms with Gasteiger partial charge < -0.3 is 11.1 Å². The average molecular weight is 344 g/mol. The molecule has 4 nitrogen and oxygen atoms in total. The minimum absolute atomic E-state index is 0.131. The van der Waals surface area contributed by atoms with Crippen LogP contribution in [0.3, 0.4) is 0 Å². The molecule has 1 aromatic rings. The molecule has 1 saturated heterocycles. The molecule has 1 heterocycles. The fourth-order valence-electron chi connectivity index (χ4n) is 4.87. The van der Waals surface area contributed by atoms with Gasteiger partial charge in [0.2, 0.25) is 5.91 Å². The fraction of sp³-hybridized carbons (Fsp3) is 0.667. The standard InChI is InChI=1S/C21H33N3O/c1-15-12-24(14-17-7-4-3-5-8-17)13-16(2)20(15)23-21(25)19-10-6-9-18(19)11-22/h3-5,7-8,15-16,18-20H,6,9-14,22H2,1-2H3,(H,23,25)/t15?,16?,18-,19-,20?/m1/s1. The molecule has 1 saturated carbocycles. The van der Waals surface area contributed by atoms with Crippen LogP contribution in [0.25, 0.3) is 0 Å². The highest BCUT2D eigenvalue weighted by atomic mass is 16.2. The highest BCUT2D eigenvalue weighted by Crippen LogP contribution is 2.32. The van der Waals surface area contributed by atoms with Crippen molar-refractivity contribution in [3.05, 3.63) is 35.9 Å². The molecule has 1 aromatic carbocycles. The maximum absolute atomic E-state index is 12.8. The molecule has 1 aliphatic heterocycles. The zero-order valence-electron chi connectivity index (χ0n) is 15.7. The number of carbonyl (C=O) groups excluding carboxylic acids is 1. The first-order valence-corrected chi connectivity index (χ1v) is 9.85. The summed E-state index contributed by atoms with van der Waals surface area (Å²) in [5.74, 6) is 1.69. The number of nitrogens with two attached hydrogens (primary N) is 1. The molecule has 0 aromatic heterocycles. The Morgan fingerprint density at radius 2 is 1.84 bits per heavy atom. The summed E-state index contributed by atoms with van der Waals surface area (Å²) in [7, 11) is 0. The molecular weight excluding hydrogens is 310 g/mol. The van der Waals surface area contributed by atoms with Crippen molar-refractivity contribution < 1.29 is 4.79 Å². The van der Waals surface area contributed by atoms with E-state index in [-0.39, 0.29) is 17.9 Å². The zero-order chi connectivity index (χ0) is 17.8. The summed E-state index contributed by atoms with van der Waals surface area (Å²) in [4.78, 5) is 15.3. The number of nitrogens with zero attached hydrogens (tertiary/aromatic N) is 1. The van der Waals surface area contributed by atoms with Crippen LogP contribution in [-0.4, -0.2) is 36.5 Å². The first-order chi connectivity index (χ1) is 12.1. The summed E-state index contributed by atoms with van der Waals surface area (Å²) >= 11 is 0. The minimum Gasteiger partial charge on any atom is -0.352 e. The molecule has 0 bridgehead atoms. The lowest BCUT2D eigenvalue weighted by atomic mass is 9.84. The second-order valence-corrected chi connectivity index (χ2v) is 8.20. The normalized spacial score (nSPS) is 33.3. The van der Waals surface area contributed by atoms with Gasteiger partial charge in [-0.3, -0.25) is 9.69 Å². The Labute approximate surface area is 152 Å². The predicted octanol–water partition coefficient (Wildman–Crippen LogP) is 2.63. The number of carbonyl (C=O) groups is 1. The molecular formula is C21H33N3O. The first-order valence-electron chi connectivity index (χ1n) is 9.85. The molecule has 3 N–H and O–H groups in total. The van der Waals surface area contributed by atoms with Crippen molar-refractivity contribution in [2.24, 2.45) is 29.4 Å². The van der Waals surface area contributed by atoms with Crippen LogP contribution < -0.4 is 11.1 Å². The second kappa shape index (κ2) is 8.33. The van der Waals surface area contributed by atoms with Gasteiger partial charge in [-0.15, -0.1) is 0 Å². The van der Waals surface area contributed by atoms with Crippen LogP contribution in [0.15, 0.2) is 30.3 Å². The van der Waals surface area contributed by atoms with E-state index in [0.717, 1.165) is 38.9 Å². The second-order valence-electron chi connectivity index (χ2n) is 8.20. The number of piperidine rings is 1. The Morgan fingerprint density at radius 1 is 1.16 bits per heavy atom. The Balaban J connectivity index is 1.56. The number of amides is 1. The first kappa shape index (κ1) is 18.4. The van der Waals surface area contributed by atoms with Crippen molar-refractivity contribution >= 4 is 5.91 Å². The zero-order valence-corrected chi connectivity index (χ0v) is 15.7. The Bertz CT molecular complexity index is 550. The van der Waals surface area contributed by atoms with E-state index in [9.17, 15) is 4.79 Å². The smallest absolute Gasteiger partial charge is 0.223 e. The van der Waals surface area contributed by atoms with E-state index in [0.29, 0.717) is 24.3 Å². The summed E-state index contributed by atoms with van der Waals surface area (Å²) < 4.78 is 0. The number of likely N-dealkylation sites (tertiary alicyclic amines) is 1. The maximum atomic E-state index is 12.8. The van der Waals surface area contributed by atoms with Gasteiger partial charge in [0.1, 0.15) is 0 Å².